The van der Waals surface area contributed by atoms with Gasteiger partial charge in [0.05, 0.1) is 17.3 Å². The predicted octanol–water partition coefficient (Wildman–Crippen LogP) is 0.868. The Bertz CT molecular complexity index is 498. The molecule has 2 heterocycles. The fourth-order valence-corrected chi connectivity index (χ4v) is 3.09. The van der Waals surface area contributed by atoms with Crippen LogP contribution in [0.3, 0.4) is 0 Å². The summed E-state index contributed by atoms with van der Waals surface area (Å²) in [6, 6.07) is 7.93. The van der Waals surface area contributed by atoms with Crippen LogP contribution in [0.25, 0.3) is 0 Å². The first kappa shape index (κ1) is 14.8. The molecule has 0 radical (unpaired) electrons. The highest BCUT2D eigenvalue weighted by molar-refractivity contribution is 6.33. The molecule has 2 aliphatic rings. The highest BCUT2D eigenvalue weighted by Crippen LogP contribution is 2.21. The SMILES string of the molecule is O=C(CN1CC(N2CCNCC2)C1)Nc1ccccc1Cl. The van der Waals surface area contributed by atoms with Gasteiger partial charge in [0.25, 0.3) is 0 Å². The van der Waals surface area contributed by atoms with Crippen molar-refractivity contribution in [3.63, 3.8) is 0 Å². The van der Waals surface area contributed by atoms with E-state index in [9.17, 15) is 4.79 Å². The molecule has 2 fully saturated rings. The van der Waals surface area contributed by atoms with Gasteiger partial charge in [0.15, 0.2) is 0 Å². The lowest BCUT2D eigenvalue weighted by Crippen LogP contribution is -2.63. The van der Waals surface area contributed by atoms with Gasteiger partial charge >= 0.3 is 0 Å². The second-order valence-electron chi connectivity index (χ2n) is 5.66. The van der Waals surface area contributed by atoms with Gasteiger partial charge in [-0.05, 0) is 12.1 Å². The summed E-state index contributed by atoms with van der Waals surface area (Å²) in [5, 5.41) is 6.81. The number of carbonyl (C=O) groups is 1. The smallest absolute Gasteiger partial charge is 0.238 e. The van der Waals surface area contributed by atoms with Crippen LogP contribution in [0, 0.1) is 0 Å². The van der Waals surface area contributed by atoms with Crippen LogP contribution < -0.4 is 10.6 Å². The van der Waals surface area contributed by atoms with E-state index in [0.717, 1.165) is 39.3 Å². The van der Waals surface area contributed by atoms with Gasteiger partial charge in [-0.1, -0.05) is 23.7 Å². The van der Waals surface area contributed by atoms with E-state index in [1.165, 1.54) is 0 Å². The summed E-state index contributed by atoms with van der Waals surface area (Å²) >= 11 is 6.04. The van der Waals surface area contributed by atoms with Gasteiger partial charge in [-0.25, -0.2) is 0 Å². The number of likely N-dealkylation sites (tertiary alicyclic amines) is 1. The molecule has 21 heavy (non-hydrogen) atoms. The summed E-state index contributed by atoms with van der Waals surface area (Å²) in [7, 11) is 0. The first-order valence-electron chi connectivity index (χ1n) is 7.44. The number of rotatable bonds is 4. The zero-order valence-corrected chi connectivity index (χ0v) is 12.8. The molecular weight excluding hydrogens is 288 g/mol. The molecular formula is C15H21ClN4O. The van der Waals surface area contributed by atoms with Crippen molar-refractivity contribution in [1.29, 1.82) is 0 Å². The Morgan fingerprint density at radius 3 is 2.71 bits per heavy atom. The Labute approximate surface area is 130 Å². The zero-order valence-electron chi connectivity index (χ0n) is 12.0. The summed E-state index contributed by atoms with van der Waals surface area (Å²) in [6.07, 6.45) is 0. The molecule has 2 N–H and O–H groups in total. The van der Waals surface area contributed by atoms with Crippen LogP contribution in [0.4, 0.5) is 5.69 Å². The molecule has 3 rings (SSSR count). The number of amides is 1. The first-order chi connectivity index (χ1) is 10.2. The second-order valence-corrected chi connectivity index (χ2v) is 6.07. The fraction of sp³-hybridized carbons (Fsp3) is 0.533. The van der Waals surface area contributed by atoms with Crippen LogP contribution in [0.5, 0.6) is 0 Å². The molecule has 1 aromatic carbocycles. The third-order valence-electron chi connectivity index (χ3n) is 4.12. The van der Waals surface area contributed by atoms with E-state index < -0.39 is 0 Å². The number of piperazine rings is 1. The number of benzene rings is 1. The maximum absolute atomic E-state index is 12.0. The molecule has 0 saturated carbocycles. The number of halogens is 1. The summed E-state index contributed by atoms with van der Waals surface area (Å²) in [4.78, 5) is 16.7. The Morgan fingerprint density at radius 2 is 2.00 bits per heavy atom. The molecule has 114 valence electrons. The van der Waals surface area contributed by atoms with E-state index in [0.29, 0.717) is 23.3 Å². The van der Waals surface area contributed by atoms with Crippen molar-refractivity contribution in [3.8, 4) is 0 Å². The van der Waals surface area contributed by atoms with E-state index in [4.69, 9.17) is 11.6 Å². The normalized spacial score (nSPS) is 21.0. The van der Waals surface area contributed by atoms with E-state index in [2.05, 4.69) is 20.4 Å². The van der Waals surface area contributed by atoms with Crippen molar-refractivity contribution in [3.05, 3.63) is 29.3 Å². The molecule has 0 bridgehead atoms. The third-order valence-corrected chi connectivity index (χ3v) is 4.45. The molecule has 1 aromatic rings. The Kier molecular flexibility index (Phi) is 4.75. The standard InChI is InChI=1S/C15H21ClN4O/c16-13-3-1-2-4-14(13)18-15(21)11-19-9-12(10-19)20-7-5-17-6-8-20/h1-4,12,17H,5-11H2,(H,18,21). The molecule has 0 aromatic heterocycles. The van der Waals surface area contributed by atoms with Crippen molar-refractivity contribution in [2.75, 3.05) is 51.1 Å². The Balaban J connectivity index is 1.42. The highest BCUT2D eigenvalue weighted by Gasteiger charge is 2.33. The average Bonchev–Trinajstić information content (AvgIpc) is 2.46. The first-order valence-corrected chi connectivity index (χ1v) is 7.81. The number of hydrogen-bond acceptors (Lipinski definition) is 4. The molecule has 2 saturated heterocycles. The number of nitrogens with zero attached hydrogens (tertiary/aromatic N) is 2. The van der Waals surface area contributed by atoms with Crippen LogP contribution in [0.2, 0.25) is 5.02 Å². The lowest BCUT2D eigenvalue weighted by atomic mass is 10.1. The number of para-hydroxylation sites is 1. The van der Waals surface area contributed by atoms with Gasteiger partial charge in [-0.2, -0.15) is 0 Å². The second kappa shape index (κ2) is 6.75. The quantitative estimate of drug-likeness (QED) is 0.866. The average molecular weight is 309 g/mol. The Hall–Kier alpha value is -1.14. The number of anilines is 1. The summed E-state index contributed by atoms with van der Waals surface area (Å²) in [5.41, 5.74) is 0.684. The van der Waals surface area contributed by atoms with Gasteiger partial charge in [-0.15, -0.1) is 0 Å². The molecule has 6 heteroatoms. The fourth-order valence-electron chi connectivity index (χ4n) is 2.91. The van der Waals surface area contributed by atoms with Gasteiger partial charge in [0.1, 0.15) is 0 Å². The monoisotopic (exact) mass is 308 g/mol. The minimum Gasteiger partial charge on any atom is -0.324 e. The molecule has 1 amide bonds. The van der Waals surface area contributed by atoms with Crippen molar-refractivity contribution >= 4 is 23.2 Å². The van der Waals surface area contributed by atoms with Crippen LogP contribution in [0.1, 0.15) is 0 Å². The van der Waals surface area contributed by atoms with Crippen molar-refractivity contribution in [2.45, 2.75) is 6.04 Å². The van der Waals surface area contributed by atoms with Crippen LogP contribution in [0.15, 0.2) is 24.3 Å². The maximum Gasteiger partial charge on any atom is 0.238 e. The molecule has 0 unspecified atom stereocenters. The Morgan fingerprint density at radius 1 is 1.29 bits per heavy atom. The number of nitrogens with one attached hydrogen (secondary N) is 2. The van der Waals surface area contributed by atoms with Crippen molar-refractivity contribution in [1.82, 2.24) is 15.1 Å². The van der Waals surface area contributed by atoms with Gasteiger partial charge in [-0.3, -0.25) is 14.6 Å². The number of carbonyl (C=O) groups excluding carboxylic acids is 1. The van der Waals surface area contributed by atoms with Crippen molar-refractivity contribution in [2.24, 2.45) is 0 Å². The van der Waals surface area contributed by atoms with Crippen molar-refractivity contribution < 1.29 is 4.79 Å². The van der Waals surface area contributed by atoms with E-state index in [1.54, 1.807) is 6.07 Å². The molecule has 2 aliphatic heterocycles. The van der Waals surface area contributed by atoms with Crippen LogP contribution in [-0.2, 0) is 4.79 Å². The van der Waals surface area contributed by atoms with E-state index in [1.807, 2.05) is 18.2 Å². The lowest BCUT2D eigenvalue weighted by Gasteiger charge is -2.46. The number of hydrogen-bond donors (Lipinski definition) is 2. The van der Waals surface area contributed by atoms with E-state index in [-0.39, 0.29) is 5.91 Å². The zero-order chi connectivity index (χ0) is 14.7. The highest BCUT2D eigenvalue weighted by atomic mass is 35.5. The van der Waals surface area contributed by atoms with Gasteiger partial charge in [0, 0.05) is 45.3 Å². The third kappa shape index (κ3) is 3.74. The summed E-state index contributed by atoms with van der Waals surface area (Å²) in [5.74, 6) is 0.00172. The minimum absolute atomic E-state index is 0.00172. The largest absolute Gasteiger partial charge is 0.324 e. The van der Waals surface area contributed by atoms with Gasteiger partial charge in [0.2, 0.25) is 5.91 Å². The maximum atomic E-state index is 12.0. The lowest BCUT2D eigenvalue weighted by molar-refractivity contribution is -0.119. The molecule has 5 nitrogen and oxygen atoms in total. The summed E-state index contributed by atoms with van der Waals surface area (Å²) in [6.45, 7) is 6.78. The summed E-state index contributed by atoms with van der Waals surface area (Å²) < 4.78 is 0. The van der Waals surface area contributed by atoms with E-state index >= 15 is 0 Å². The molecule has 0 spiro atoms. The van der Waals surface area contributed by atoms with Crippen LogP contribution in [-0.4, -0.2) is 67.6 Å². The van der Waals surface area contributed by atoms with Gasteiger partial charge < -0.3 is 10.6 Å². The molecule has 0 atom stereocenters. The predicted molar refractivity (Wildman–Crippen MR) is 84.8 cm³/mol. The topological polar surface area (TPSA) is 47.6 Å². The van der Waals surface area contributed by atoms with Crippen LogP contribution >= 0.6 is 11.6 Å². The minimum atomic E-state index is 0.00172. The molecule has 0 aliphatic carbocycles.